The predicted molar refractivity (Wildman–Crippen MR) is 208 cm³/mol. The molecule has 0 bridgehead atoms. The number of carboxylic acid groups (broad SMARTS) is 1. The van der Waals surface area contributed by atoms with E-state index >= 15 is 0 Å². The number of aromatic amines is 2. The van der Waals surface area contributed by atoms with Crippen molar-refractivity contribution in [1.82, 2.24) is 45.8 Å². The van der Waals surface area contributed by atoms with E-state index in [1.54, 1.807) is 87.0 Å². The fourth-order valence-electron chi connectivity index (χ4n) is 6.10. The van der Waals surface area contributed by atoms with Gasteiger partial charge in [-0.1, -0.05) is 84.9 Å². The highest BCUT2D eigenvalue weighted by Gasteiger charge is 2.30. The number of benzene rings is 3. The monoisotopic (exact) mass is 755 g/mol. The summed E-state index contributed by atoms with van der Waals surface area (Å²) >= 11 is 0. The number of carbonyl (C=O) groups excluding carboxylic acids is 3. The van der Waals surface area contributed by atoms with Crippen LogP contribution in [0.1, 0.15) is 60.8 Å². The quantitative estimate of drug-likeness (QED) is 0.0777. The van der Waals surface area contributed by atoms with Crippen LogP contribution in [0.25, 0.3) is 33.8 Å². The lowest BCUT2D eigenvalue weighted by Gasteiger charge is -2.26. The lowest BCUT2D eigenvalue weighted by atomic mass is 10.0. The molecule has 3 heterocycles. The van der Waals surface area contributed by atoms with Crippen LogP contribution >= 0.6 is 0 Å². The van der Waals surface area contributed by atoms with E-state index in [1.807, 2.05) is 42.5 Å². The molecule has 6 rings (SSSR count). The second-order valence-corrected chi connectivity index (χ2v) is 13.0. The van der Waals surface area contributed by atoms with Crippen molar-refractivity contribution in [2.75, 3.05) is 14.2 Å². The van der Waals surface area contributed by atoms with Crippen molar-refractivity contribution in [3.63, 3.8) is 0 Å². The standard InChI is InChI=1S/C41H41N9O6/c1-24(45-38(51)34(49-40(53)56-4)28-11-7-5-8-12-28)36-43-22-32(47-36)27-17-15-26(16-18-27)31-20-19-30(21-42-31)33-23-44-37(48-33)25(2)46-39(52)35(50(3)41(54)55)29-13-9-6-10-14-29/h5-25,34-35H,1-4H3,(H,43,47)(H,44,48)(H,45,51)(H,46,52)(H,49,53)(H,54,55)/t24-,25-,34+,35+/m0/s1. The van der Waals surface area contributed by atoms with Crippen LogP contribution in [0.4, 0.5) is 9.59 Å². The molecule has 56 heavy (non-hydrogen) atoms. The van der Waals surface area contributed by atoms with Gasteiger partial charge in [0.1, 0.15) is 23.7 Å². The van der Waals surface area contributed by atoms with Gasteiger partial charge in [0.2, 0.25) is 11.8 Å². The number of carbonyl (C=O) groups is 4. The Balaban J connectivity index is 1.07. The number of amides is 4. The van der Waals surface area contributed by atoms with Crippen LogP contribution in [0, 0.1) is 0 Å². The summed E-state index contributed by atoms with van der Waals surface area (Å²) < 4.78 is 4.72. The van der Waals surface area contributed by atoms with Gasteiger partial charge in [-0.25, -0.2) is 19.6 Å². The van der Waals surface area contributed by atoms with Crippen molar-refractivity contribution in [2.45, 2.75) is 38.0 Å². The minimum Gasteiger partial charge on any atom is -0.465 e. The molecule has 15 nitrogen and oxygen atoms in total. The van der Waals surface area contributed by atoms with Crippen LogP contribution in [-0.2, 0) is 14.3 Å². The average Bonchev–Trinajstić information content (AvgIpc) is 3.93. The minimum atomic E-state index is -1.22. The molecule has 4 atom stereocenters. The summed E-state index contributed by atoms with van der Waals surface area (Å²) in [6, 6.07) is 26.2. The maximum Gasteiger partial charge on any atom is 0.407 e. The van der Waals surface area contributed by atoms with E-state index in [-0.39, 0.29) is 0 Å². The predicted octanol–water partition coefficient (Wildman–Crippen LogP) is 6.33. The zero-order chi connectivity index (χ0) is 39.8. The molecule has 3 aromatic heterocycles. The number of nitrogens with zero attached hydrogens (tertiary/aromatic N) is 4. The molecule has 0 saturated carbocycles. The van der Waals surface area contributed by atoms with Gasteiger partial charge < -0.3 is 35.8 Å². The van der Waals surface area contributed by atoms with Crippen LogP contribution in [0.15, 0.2) is 116 Å². The minimum absolute atomic E-state index is 0.415. The van der Waals surface area contributed by atoms with Crippen LogP contribution in [0.2, 0.25) is 0 Å². The van der Waals surface area contributed by atoms with Crippen molar-refractivity contribution < 1.29 is 29.0 Å². The lowest BCUT2D eigenvalue weighted by molar-refractivity contribution is -0.126. The Labute approximate surface area is 322 Å². The first-order chi connectivity index (χ1) is 27.0. The second-order valence-electron chi connectivity index (χ2n) is 13.0. The van der Waals surface area contributed by atoms with Crippen molar-refractivity contribution in [3.05, 3.63) is 138 Å². The van der Waals surface area contributed by atoms with Gasteiger partial charge >= 0.3 is 12.2 Å². The summed E-state index contributed by atoms with van der Waals surface area (Å²) in [6.45, 7) is 3.57. The third-order valence-electron chi connectivity index (χ3n) is 9.19. The fourth-order valence-corrected chi connectivity index (χ4v) is 6.10. The fraction of sp³-hybridized carbons (Fsp3) is 0.195. The zero-order valence-corrected chi connectivity index (χ0v) is 31.1. The highest BCUT2D eigenvalue weighted by molar-refractivity contribution is 5.87. The van der Waals surface area contributed by atoms with E-state index in [0.717, 1.165) is 33.0 Å². The zero-order valence-electron chi connectivity index (χ0n) is 31.1. The number of alkyl carbamates (subject to hydrolysis) is 1. The molecule has 6 aromatic rings. The number of ether oxygens (including phenoxy) is 1. The van der Waals surface area contributed by atoms with E-state index in [0.29, 0.717) is 28.5 Å². The molecule has 286 valence electrons. The molecular weight excluding hydrogens is 715 g/mol. The van der Waals surface area contributed by atoms with E-state index in [9.17, 15) is 24.3 Å². The molecule has 4 amide bonds. The van der Waals surface area contributed by atoms with Crippen molar-refractivity contribution >= 4 is 24.0 Å². The maximum absolute atomic E-state index is 13.3. The first-order valence-corrected chi connectivity index (χ1v) is 17.7. The smallest absolute Gasteiger partial charge is 0.407 e. The molecule has 0 radical (unpaired) electrons. The Bertz CT molecular complexity index is 2280. The van der Waals surface area contributed by atoms with Crippen LogP contribution < -0.4 is 16.0 Å². The molecule has 0 aliphatic rings. The van der Waals surface area contributed by atoms with Gasteiger partial charge in [0, 0.05) is 24.4 Å². The summed E-state index contributed by atoms with van der Waals surface area (Å²) in [5.41, 5.74) is 5.94. The number of likely N-dealkylation sites (N-methyl/N-ethyl adjacent to an activating group) is 1. The number of imidazole rings is 2. The number of pyridine rings is 1. The molecule has 15 heteroatoms. The summed E-state index contributed by atoms with van der Waals surface area (Å²) in [5.74, 6) is 0.156. The summed E-state index contributed by atoms with van der Waals surface area (Å²) in [4.78, 5) is 71.3. The third kappa shape index (κ3) is 8.90. The Morgan fingerprint density at radius 1 is 0.643 bits per heavy atom. The largest absolute Gasteiger partial charge is 0.465 e. The Morgan fingerprint density at radius 2 is 1.16 bits per heavy atom. The highest BCUT2D eigenvalue weighted by Crippen LogP contribution is 2.27. The Morgan fingerprint density at radius 3 is 1.70 bits per heavy atom. The topological polar surface area (TPSA) is 207 Å². The van der Waals surface area contributed by atoms with Gasteiger partial charge in [0.05, 0.1) is 48.7 Å². The molecule has 0 spiro atoms. The van der Waals surface area contributed by atoms with Gasteiger partial charge in [-0.3, -0.25) is 19.5 Å². The van der Waals surface area contributed by atoms with E-state index in [4.69, 9.17) is 4.74 Å². The molecule has 6 N–H and O–H groups in total. The SMILES string of the molecule is COC(=O)N[C@@H](C(=O)N[C@@H](C)c1ncc(-c2ccc(-c3ccc(-c4cnc([C@H](C)NC(=O)[C@@H](c5ccccc5)N(C)C(=O)O)[nH]4)cn3)cc2)[nH]1)c1ccccc1. The molecule has 0 aliphatic carbocycles. The number of hydrogen-bond donors (Lipinski definition) is 6. The van der Waals surface area contributed by atoms with Gasteiger partial charge in [-0.2, -0.15) is 0 Å². The Kier molecular flexibility index (Phi) is 11.8. The number of hydrogen-bond acceptors (Lipinski definition) is 8. The van der Waals surface area contributed by atoms with Gasteiger partial charge in [0.25, 0.3) is 0 Å². The average molecular weight is 756 g/mol. The van der Waals surface area contributed by atoms with Crippen molar-refractivity contribution in [1.29, 1.82) is 0 Å². The number of rotatable bonds is 13. The number of methoxy groups -OCH3 is 1. The highest BCUT2D eigenvalue weighted by atomic mass is 16.5. The van der Waals surface area contributed by atoms with Crippen molar-refractivity contribution in [3.8, 4) is 33.8 Å². The Hall–Kier alpha value is -7.29. The summed E-state index contributed by atoms with van der Waals surface area (Å²) in [5, 5.41) is 18.0. The van der Waals surface area contributed by atoms with Gasteiger partial charge in [-0.15, -0.1) is 0 Å². The van der Waals surface area contributed by atoms with E-state index in [1.165, 1.54) is 14.2 Å². The molecule has 0 unspecified atom stereocenters. The number of aromatic nitrogens is 5. The van der Waals surface area contributed by atoms with Crippen LogP contribution in [-0.4, -0.2) is 73.1 Å². The third-order valence-corrected chi connectivity index (χ3v) is 9.19. The number of nitrogens with one attached hydrogen (secondary N) is 5. The molecule has 0 saturated heterocycles. The lowest BCUT2D eigenvalue weighted by Crippen LogP contribution is -2.42. The first kappa shape index (κ1) is 38.4. The van der Waals surface area contributed by atoms with E-state index < -0.39 is 48.2 Å². The van der Waals surface area contributed by atoms with Gasteiger partial charge in [-0.05, 0) is 42.7 Å². The summed E-state index contributed by atoms with van der Waals surface area (Å²) in [7, 11) is 2.60. The molecule has 3 aromatic carbocycles. The normalized spacial score (nSPS) is 13.1. The molecule has 0 aliphatic heterocycles. The molecule has 0 fully saturated rings. The van der Waals surface area contributed by atoms with Crippen molar-refractivity contribution in [2.24, 2.45) is 0 Å². The van der Waals surface area contributed by atoms with E-state index in [2.05, 4.69) is 40.9 Å². The molecular formula is C41H41N9O6. The second kappa shape index (κ2) is 17.2. The van der Waals surface area contributed by atoms with Crippen LogP contribution in [0.3, 0.4) is 0 Å². The van der Waals surface area contributed by atoms with Crippen LogP contribution in [0.5, 0.6) is 0 Å². The van der Waals surface area contributed by atoms with Gasteiger partial charge in [0.15, 0.2) is 0 Å². The summed E-state index contributed by atoms with van der Waals surface area (Å²) in [6.07, 6.45) is 3.15. The maximum atomic E-state index is 13.3. The number of H-pyrrole nitrogens is 2. The first-order valence-electron chi connectivity index (χ1n) is 17.7.